The first-order valence-electron chi connectivity index (χ1n) is 19.6. The number of nitrogens with one attached hydrogen (secondary N) is 5. The number of carbonyl (C=O) groups excluding carboxylic acids is 4. The summed E-state index contributed by atoms with van der Waals surface area (Å²) >= 11 is 0. The summed E-state index contributed by atoms with van der Waals surface area (Å²) in [5, 5.41) is 33.8. The largest absolute Gasteiger partial charge is 0.370 e. The molecule has 6 heterocycles. The third kappa shape index (κ3) is 7.40. The molecule has 0 saturated carbocycles. The van der Waals surface area contributed by atoms with E-state index in [9.17, 15) is 24.4 Å². The number of carbonyl (C=O) groups is 4. The summed E-state index contributed by atoms with van der Waals surface area (Å²) in [6.45, 7) is 8.34. The molecule has 1 fully saturated rings. The van der Waals surface area contributed by atoms with Gasteiger partial charge in [0.2, 0.25) is 23.6 Å². The van der Waals surface area contributed by atoms with Crippen molar-refractivity contribution in [2.45, 2.75) is 121 Å². The number of nitrogens with two attached hydrogens (primary N) is 1. The van der Waals surface area contributed by atoms with Crippen molar-refractivity contribution in [1.82, 2.24) is 50.9 Å². The molecule has 1 radical (unpaired) electrons. The zero-order valence-electron chi connectivity index (χ0n) is 32.7. The van der Waals surface area contributed by atoms with E-state index >= 15 is 0 Å². The summed E-state index contributed by atoms with van der Waals surface area (Å²) in [7, 11) is 0. The van der Waals surface area contributed by atoms with Crippen LogP contribution >= 0.6 is 0 Å². The maximum atomic E-state index is 14.5. The van der Waals surface area contributed by atoms with Gasteiger partial charge in [-0.25, -0.2) is 4.68 Å². The van der Waals surface area contributed by atoms with Gasteiger partial charge >= 0.3 is 0 Å². The monoisotopic (exact) mass is 776 g/mol. The van der Waals surface area contributed by atoms with Gasteiger partial charge in [-0.05, 0) is 76.6 Å². The summed E-state index contributed by atoms with van der Waals surface area (Å²) in [6.07, 6.45) is 3.42. The highest BCUT2D eigenvalue weighted by molar-refractivity contribution is 5.96. The van der Waals surface area contributed by atoms with E-state index < -0.39 is 46.9 Å². The number of piperidine rings is 1. The zero-order chi connectivity index (χ0) is 40.2. The molecule has 0 unspecified atom stereocenters. The highest BCUT2D eigenvalue weighted by Gasteiger charge is 2.47. The number of para-hydroxylation sites is 2. The van der Waals surface area contributed by atoms with E-state index in [2.05, 4.69) is 36.2 Å². The van der Waals surface area contributed by atoms with Crippen LogP contribution in [0.25, 0.3) is 21.8 Å². The normalized spacial score (nSPS) is 21.2. The van der Waals surface area contributed by atoms with Crippen molar-refractivity contribution in [3.8, 4) is 0 Å². The molecule has 1 saturated heterocycles. The summed E-state index contributed by atoms with van der Waals surface area (Å²) < 4.78 is 1.75. The number of H-pyrrole nitrogens is 2. The molecule has 4 amide bonds. The fraction of sp³-hybridized carbons (Fsp3) is 0.463. The van der Waals surface area contributed by atoms with E-state index in [1.54, 1.807) is 15.8 Å². The first-order valence-corrected chi connectivity index (χ1v) is 19.6. The van der Waals surface area contributed by atoms with Gasteiger partial charge in [-0.2, -0.15) is 0 Å². The number of amides is 4. The Hall–Kier alpha value is -5.58. The molecular formula is C41H50N11O5. The second-order valence-electron chi connectivity index (χ2n) is 17.0. The fourth-order valence-corrected chi connectivity index (χ4v) is 9.28. The van der Waals surface area contributed by atoms with Crippen LogP contribution < -0.4 is 21.7 Å². The van der Waals surface area contributed by atoms with Gasteiger partial charge in [0, 0.05) is 63.7 Å². The molecule has 3 aromatic heterocycles. The quantitative estimate of drug-likeness (QED) is 0.124. The number of rotatable bonds is 10. The van der Waals surface area contributed by atoms with E-state index in [1.165, 1.54) is 0 Å². The van der Waals surface area contributed by atoms with Crippen LogP contribution in [0.1, 0.15) is 87.6 Å². The van der Waals surface area contributed by atoms with Crippen molar-refractivity contribution < 1.29 is 24.4 Å². The van der Waals surface area contributed by atoms with E-state index in [-0.39, 0.29) is 44.3 Å². The number of aromatic nitrogens is 5. The molecule has 8 rings (SSSR count). The molecule has 3 atom stereocenters. The van der Waals surface area contributed by atoms with Crippen molar-refractivity contribution in [2.24, 2.45) is 5.73 Å². The van der Waals surface area contributed by atoms with E-state index in [1.807, 2.05) is 76.2 Å². The van der Waals surface area contributed by atoms with Crippen LogP contribution in [0.15, 0.2) is 54.7 Å². The molecule has 5 aromatic rings. The number of aromatic amines is 2. The highest BCUT2D eigenvalue weighted by atomic mass is 16.5. The molecule has 2 aromatic carbocycles. The van der Waals surface area contributed by atoms with Crippen molar-refractivity contribution in [2.75, 3.05) is 0 Å². The number of primary amides is 1. The SMILES string of the molecule is CC1(C)CC(n2cc(CNC(=O)[C@@H](CCC(N)=O)NC(=O)[C@@H]3Cc4c([nH]c5ccccc45)CN3C(=O)[C@@H]3Cc4c([nH]c5ccccc45)CN3)nn2)CC(C)(C)N1[O]. The Bertz CT molecular complexity index is 2340. The van der Waals surface area contributed by atoms with Gasteiger partial charge < -0.3 is 31.2 Å². The lowest BCUT2D eigenvalue weighted by Gasteiger charge is -2.49. The Morgan fingerprint density at radius 2 is 1.54 bits per heavy atom. The predicted molar refractivity (Wildman–Crippen MR) is 210 cm³/mol. The number of hydroxylamine groups is 2. The van der Waals surface area contributed by atoms with Crippen LogP contribution in [0.4, 0.5) is 0 Å². The standard InChI is InChI=1S/C41H50N11O5/c1-40(2)17-24(18-41(3,4)52(40)57)51-21-23(48-49-51)19-44-37(54)31(13-14-36(42)53)47-38(55)35-16-28-26-10-6-8-12-30(26)46-34(28)22-50(35)39(56)32-15-27-25-9-5-7-11-29(25)45-33(27)20-43-32/h5-12,21,24,31-32,35,43,45-46H,13-20,22H2,1-4H3,(H2,42,53)(H,44,54)(H,47,55)/t31-,32+,35+/m1/s1. The first-order chi connectivity index (χ1) is 27.2. The van der Waals surface area contributed by atoms with Crippen molar-refractivity contribution >= 4 is 45.4 Å². The molecule has 7 N–H and O–H groups in total. The third-order valence-corrected chi connectivity index (χ3v) is 12.0. The highest BCUT2D eigenvalue weighted by Crippen LogP contribution is 2.42. The van der Waals surface area contributed by atoms with Crippen LogP contribution in [0.3, 0.4) is 0 Å². The van der Waals surface area contributed by atoms with Gasteiger partial charge in [-0.3, -0.25) is 24.5 Å². The van der Waals surface area contributed by atoms with E-state index in [4.69, 9.17) is 5.73 Å². The molecule has 299 valence electrons. The summed E-state index contributed by atoms with van der Waals surface area (Å²) in [5.41, 5.74) is 10.7. The Labute approximate surface area is 329 Å². The Morgan fingerprint density at radius 3 is 2.21 bits per heavy atom. The van der Waals surface area contributed by atoms with Gasteiger partial charge in [0.25, 0.3) is 0 Å². The number of hydrogen-bond donors (Lipinski definition) is 6. The van der Waals surface area contributed by atoms with E-state index in [0.29, 0.717) is 31.5 Å². The predicted octanol–water partition coefficient (Wildman–Crippen LogP) is 2.81. The third-order valence-electron chi connectivity index (χ3n) is 12.0. The molecule has 3 aliphatic heterocycles. The molecule has 16 heteroatoms. The van der Waals surface area contributed by atoms with Crippen LogP contribution in [-0.2, 0) is 56.9 Å². The van der Waals surface area contributed by atoms with Gasteiger partial charge in [-0.15, -0.1) is 15.4 Å². The molecule has 0 aliphatic carbocycles. The smallest absolute Gasteiger partial charge is 0.243 e. The van der Waals surface area contributed by atoms with E-state index in [0.717, 1.165) is 49.4 Å². The van der Waals surface area contributed by atoms with Gasteiger partial charge in [0.15, 0.2) is 0 Å². The second kappa shape index (κ2) is 14.7. The fourth-order valence-electron chi connectivity index (χ4n) is 9.28. The number of fused-ring (bicyclic) bond motifs is 6. The number of benzene rings is 2. The molecule has 0 bridgehead atoms. The Kier molecular flexibility index (Phi) is 9.90. The van der Waals surface area contributed by atoms with Crippen LogP contribution in [0.2, 0.25) is 0 Å². The molecular weight excluding hydrogens is 727 g/mol. The lowest BCUT2D eigenvalue weighted by Crippen LogP contribution is -2.60. The maximum Gasteiger partial charge on any atom is 0.243 e. The summed E-state index contributed by atoms with van der Waals surface area (Å²) in [4.78, 5) is 63.2. The number of nitrogens with zero attached hydrogens (tertiary/aromatic N) is 5. The minimum absolute atomic E-state index is 0.0187. The van der Waals surface area contributed by atoms with Crippen molar-refractivity contribution in [1.29, 1.82) is 0 Å². The molecule has 16 nitrogen and oxygen atoms in total. The second-order valence-corrected chi connectivity index (χ2v) is 17.0. The average molecular weight is 777 g/mol. The lowest BCUT2D eigenvalue weighted by atomic mass is 9.79. The minimum atomic E-state index is -1.12. The molecule has 0 spiro atoms. The average Bonchev–Trinajstić information content (AvgIpc) is 3.91. The van der Waals surface area contributed by atoms with Crippen LogP contribution in [-0.4, -0.2) is 87.8 Å². The minimum Gasteiger partial charge on any atom is -0.370 e. The lowest BCUT2D eigenvalue weighted by molar-refractivity contribution is -0.293. The zero-order valence-corrected chi connectivity index (χ0v) is 32.7. The Morgan fingerprint density at radius 1 is 0.912 bits per heavy atom. The Balaban J connectivity index is 1.00. The first kappa shape index (κ1) is 38.3. The van der Waals surface area contributed by atoms with Crippen molar-refractivity contribution in [3.63, 3.8) is 0 Å². The van der Waals surface area contributed by atoms with Gasteiger partial charge in [0.05, 0.1) is 31.4 Å². The molecule has 57 heavy (non-hydrogen) atoms. The van der Waals surface area contributed by atoms with Crippen molar-refractivity contribution in [3.05, 3.63) is 82.9 Å². The summed E-state index contributed by atoms with van der Waals surface area (Å²) in [5.74, 6) is -1.86. The molecule has 3 aliphatic rings. The number of hydrogen-bond acceptors (Lipinski definition) is 8. The van der Waals surface area contributed by atoms with Crippen LogP contribution in [0, 0.1) is 0 Å². The maximum absolute atomic E-state index is 14.5. The van der Waals surface area contributed by atoms with Gasteiger partial charge in [-0.1, -0.05) is 41.6 Å². The van der Waals surface area contributed by atoms with Gasteiger partial charge in [0.1, 0.15) is 17.8 Å². The van der Waals surface area contributed by atoms with Crippen LogP contribution in [0.5, 0.6) is 0 Å². The topological polar surface area (TPSA) is 219 Å². The summed E-state index contributed by atoms with van der Waals surface area (Å²) in [6, 6.07) is 13.2.